The summed E-state index contributed by atoms with van der Waals surface area (Å²) in [5.41, 5.74) is 2.44. The van der Waals surface area contributed by atoms with Crippen molar-refractivity contribution in [3.05, 3.63) is 130 Å². The van der Waals surface area contributed by atoms with Crippen LogP contribution in [0.25, 0.3) is 0 Å². The molecule has 0 fully saturated rings. The summed E-state index contributed by atoms with van der Waals surface area (Å²) in [5.74, 6) is -0.890. The molecule has 0 spiro atoms. The highest BCUT2D eigenvalue weighted by Crippen LogP contribution is 2.30. The Morgan fingerprint density at radius 3 is 2.11 bits per heavy atom. The van der Waals surface area contributed by atoms with E-state index in [-0.39, 0.29) is 29.5 Å². The molecule has 7 nitrogen and oxygen atoms in total. The Morgan fingerprint density at radius 2 is 1.45 bits per heavy atom. The summed E-state index contributed by atoms with van der Waals surface area (Å²) in [5, 5.41) is 3.74. The van der Waals surface area contributed by atoms with Crippen LogP contribution in [-0.2, 0) is 32.6 Å². The average molecular weight is 653 g/mol. The number of hydrogen-bond donors (Lipinski definition) is 1. The van der Waals surface area contributed by atoms with Gasteiger partial charge in [-0.05, 0) is 66.4 Å². The lowest BCUT2D eigenvalue weighted by Crippen LogP contribution is -2.53. The molecular weight excluding hydrogens is 617 g/mol. The summed E-state index contributed by atoms with van der Waals surface area (Å²) in [7, 11) is -4.22. The molecule has 1 N–H and O–H groups in total. The lowest BCUT2D eigenvalue weighted by molar-refractivity contribution is -0.140. The summed E-state index contributed by atoms with van der Waals surface area (Å²) < 4.78 is 29.3. The predicted octanol–water partition coefficient (Wildman–Crippen LogP) is 6.66. The molecule has 10 heteroatoms. The van der Waals surface area contributed by atoms with Gasteiger partial charge in [0, 0.05) is 29.6 Å². The van der Waals surface area contributed by atoms with E-state index in [1.54, 1.807) is 55.5 Å². The van der Waals surface area contributed by atoms with Crippen LogP contribution < -0.4 is 9.62 Å². The Hall–Kier alpha value is -3.85. The van der Waals surface area contributed by atoms with Gasteiger partial charge in [0.15, 0.2) is 0 Å². The number of nitrogens with zero attached hydrogens (tertiary/aromatic N) is 2. The number of amides is 2. The summed E-state index contributed by atoms with van der Waals surface area (Å²) >= 11 is 12.6. The normalized spacial score (nSPS) is 11.9. The van der Waals surface area contributed by atoms with E-state index in [9.17, 15) is 18.0 Å². The molecule has 0 aliphatic rings. The molecule has 0 radical (unpaired) electrons. The van der Waals surface area contributed by atoms with Crippen LogP contribution in [0, 0.1) is 6.92 Å². The Bertz CT molecular complexity index is 1690. The molecule has 0 aromatic heterocycles. The van der Waals surface area contributed by atoms with Crippen molar-refractivity contribution in [3.63, 3.8) is 0 Å². The first kappa shape index (κ1) is 33.1. The summed E-state index contributed by atoms with van der Waals surface area (Å²) in [6.45, 7) is 3.60. The molecule has 4 aromatic rings. The molecule has 1 atom stereocenters. The van der Waals surface area contributed by atoms with Crippen LogP contribution in [0.1, 0.15) is 30.0 Å². The second kappa shape index (κ2) is 15.2. The van der Waals surface area contributed by atoms with Crippen molar-refractivity contribution in [2.24, 2.45) is 0 Å². The molecule has 0 saturated heterocycles. The Balaban J connectivity index is 1.82. The first-order valence-corrected chi connectivity index (χ1v) is 16.5. The highest BCUT2D eigenvalue weighted by Gasteiger charge is 2.35. The van der Waals surface area contributed by atoms with Crippen molar-refractivity contribution in [1.29, 1.82) is 0 Å². The number of hydrogen-bond acceptors (Lipinski definition) is 4. The van der Waals surface area contributed by atoms with Crippen LogP contribution in [0.2, 0.25) is 10.0 Å². The topological polar surface area (TPSA) is 86.8 Å². The fourth-order valence-corrected chi connectivity index (χ4v) is 6.71. The third-order valence-electron chi connectivity index (χ3n) is 7.11. The standard InChI is InChI=1S/C34H35Cl2N3O4S/c1-3-19-37-34(41)32(21-26-11-6-4-7-12-26)38(23-27-13-10-14-28(35)20-27)33(40)24-39(31-22-29(36)18-17-25(31)2)44(42,43)30-15-8-5-9-16-30/h4-18,20,22,32H,3,19,21,23-24H2,1-2H3,(H,37,41)/t32-/m1/s1. The van der Waals surface area contributed by atoms with E-state index in [0.717, 1.165) is 9.87 Å². The lowest BCUT2D eigenvalue weighted by Gasteiger charge is -2.34. The molecule has 0 saturated carbocycles. The van der Waals surface area contributed by atoms with E-state index in [2.05, 4.69) is 5.32 Å². The Labute approximate surface area is 269 Å². The molecule has 0 aliphatic heterocycles. The molecule has 230 valence electrons. The van der Waals surface area contributed by atoms with Gasteiger partial charge in [0.1, 0.15) is 12.6 Å². The van der Waals surface area contributed by atoms with Crippen LogP contribution in [0.15, 0.2) is 108 Å². The predicted molar refractivity (Wildman–Crippen MR) is 176 cm³/mol. The van der Waals surface area contributed by atoms with E-state index >= 15 is 0 Å². The van der Waals surface area contributed by atoms with Crippen molar-refractivity contribution < 1.29 is 18.0 Å². The van der Waals surface area contributed by atoms with E-state index in [0.29, 0.717) is 34.1 Å². The molecule has 0 aliphatic carbocycles. The van der Waals surface area contributed by atoms with Crippen molar-refractivity contribution in [2.75, 3.05) is 17.4 Å². The van der Waals surface area contributed by atoms with Gasteiger partial charge in [-0.2, -0.15) is 0 Å². The van der Waals surface area contributed by atoms with E-state index in [1.807, 2.05) is 43.3 Å². The van der Waals surface area contributed by atoms with Crippen LogP contribution >= 0.6 is 23.2 Å². The monoisotopic (exact) mass is 651 g/mol. The number of carbonyl (C=O) groups is 2. The van der Waals surface area contributed by atoms with E-state index in [1.165, 1.54) is 23.1 Å². The van der Waals surface area contributed by atoms with Crippen LogP contribution in [0.4, 0.5) is 5.69 Å². The molecule has 4 aromatic carbocycles. The fraction of sp³-hybridized carbons (Fsp3) is 0.235. The minimum Gasteiger partial charge on any atom is -0.354 e. The largest absolute Gasteiger partial charge is 0.354 e. The molecule has 0 heterocycles. The fourth-order valence-electron chi connectivity index (χ4n) is 4.84. The number of sulfonamides is 1. The number of nitrogens with one attached hydrogen (secondary N) is 1. The number of aryl methyl sites for hydroxylation is 1. The van der Waals surface area contributed by atoms with E-state index in [4.69, 9.17) is 23.2 Å². The van der Waals surface area contributed by atoms with Gasteiger partial charge in [0.25, 0.3) is 10.0 Å². The molecular formula is C34H35Cl2N3O4S. The van der Waals surface area contributed by atoms with Crippen molar-refractivity contribution in [1.82, 2.24) is 10.2 Å². The highest BCUT2D eigenvalue weighted by atomic mass is 35.5. The van der Waals surface area contributed by atoms with Gasteiger partial charge in [-0.15, -0.1) is 0 Å². The molecule has 0 bridgehead atoms. The van der Waals surface area contributed by atoms with Gasteiger partial charge in [0.2, 0.25) is 11.8 Å². The van der Waals surface area contributed by atoms with Crippen LogP contribution in [-0.4, -0.2) is 44.3 Å². The van der Waals surface area contributed by atoms with Gasteiger partial charge in [-0.3, -0.25) is 13.9 Å². The molecule has 44 heavy (non-hydrogen) atoms. The SMILES string of the molecule is CCCNC(=O)[C@@H](Cc1ccccc1)N(Cc1cccc(Cl)c1)C(=O)CN(c1cc(Cl)ccc1C)S(=O)(=O)c1ccccc1. The van der Waals surface area contributed by atoms with Crippen LogP contribution in [0.3, 0.4) is 0 Å². The van der Waals surface area contributed by atoms with E-state index < -0.39 is 28.5 Å². The minimum atomic E-state index is -4.22. The zero-order valence-electron chi connectivity index (χ0n) is 24.6. The maximum Gasteiger partial charge on any atom is 0.264 e. The summed E-state index contributed by atoms with van der Waals surface area (Å²) in [6, 6.07) is 28.3. The third kappa shape index (κ3) is 8.40. The van der Waals surface area contributed by atoms with Gasteiger partial charge in [-0.25, -0.2) is 8.42 Å². The first-order chi connectivity index (χ1) is 21.1. The smallest absolute Gasteiger partial charge is 0.264 e. The maximum absolute atomic E-state index is 14.5. The summed E-state index contributed by atoms with van der Waals surface area (Å²) in [4.78, 5) is 29.6. The number of carbonyl (C=O) groups excluding carboxylic acids is 2. The number of rotatable bonds is 13. The van der Waals surface area contributed by atoms with Gasteiger partial charge < -0.3 is 10.2 Å². The third-order valence-corrected chi connectivity index (χ3v) is 9.36. The van der Waals surface area contributed by atoms with Gasteiger partial charge in [-0.1, -0.05) is 96.9 Å². The molecule has 4 rings (SSSR count). The second-order valence-corrected chi connectivity index (χ2v) is 13.1. The zero-order chi connectivity index (χ0) is 31.7. The van der Waals surface area contributed by atoms with Crippen molar-refractivity contribution in [2.45, 2.75) is 44.2 Å². The molecule has 0 unspecified atom stereocenters. The van der Waals surface area contributed by atoms with Gasteiger partial charge in [0.05, 0.1) is 10.6 Å². The quantitative estimate of drug-likeness (QED) is 0.175. The highest BCUT2D eigenvalue weighted by molar-refractivity contribution is 7.92. The average Bonchev–Trinajstić information content (AvgIpc) is 3.02. The summed E-state index contributed by atoms with van der Waals surface area (Å²) in [6.07, 6.45) is 0.938. The number of halogens is 2. The maximum atomic E-state index is 14.5. The first-order valence-electron chi connectivity index (χ1n) is 14.3. The second-order valence-electron chi connectivity index (χ2n) is 10.4. The molecule has 2 amide bonds. The Morgan fingerprint density at radius 1 is 0.818 bits per heavy atom. The van der Waals surface area contributed by atoms with Crippen molar-refractivity contribution in [3.8, 4) is 0 Å². The zero-order valence-corrected chi connectivity index (χ0v) is 26.9. The number of anilines is 1. The van der Waals surface area contributed by atoms with Crippen molar-refractivity contribution >= 4 is 50.7 Å². The lowest BCUT2D eigenvalue weighted by atomic mass is 10.0. The van der Waals surface area contributed by atoms with Crippen LogP contribution in [0.5, 0.6) is 0 Å². The minimum absolute atomic E-state index is 0.0232. The number of benzene rings is 4. The van der Waals surface area contributed by atoms with Gasteiger partial charge >= 0.3 is 0 Å². The Kier molecular flexibility index (Phi) is 11.4.